The second-order valence-electron chi connectivity index (χ2n) is 4.64. The van der Waals surface area contributed by atoms with Crippen LogP contribution >= 0.6 is 11.3 Å². The quantitative estimate of drug-likeness (QED) is 0.864. The summed E-state index contributed by atoms with van der Waals surface area (Å²) >= 11 is 1.81. The summed E-state index contributed by atoms with van der Waals surface area (Å²) in [6.07, 6.45) is 2.00. The Kier molecular flexibility index (Phi) is 4.91. The lowest BCUT2D eigenvalue weighted by Gasteiger charge is -2.25. The number of nitrogens with one attached hydrogen (secondary N) is 1. The molecule has 2 heterocycles. The van der Waals surface area contributed by atoms with Gasteiger partial charge >= 0.3 is 0 Å². The summed E-state index contributed by atoms with van der Waals surface area (Å²) in [5.74, 6) is 0. The van der Waals surface area contributed by atoms with Crippen LogP contribution in [0.4, 0.5) is 0 Å². The van der Waals surface area contributed by atoms with E-state index in [0.717, 1.165) is 39.4 Å². The first kappa shape index (κ1) is 13.0. The Bertz CT molecular complexity index is 334. The van der Waals surface area contributed by atoms with Crippen LogP contribution in [0.2, 0.25) is 0 Å². The Hall–Kier alpha value is -0.490. The second-order valence-corrected chi connectivity index (χ2v) is 5.84. The number of ether oxygens (including phenoxy) is 1. The van der Waals surface area contributed by atoms with Crippen LogP contribution < -0.4 is 5.32 Å². The molecule has 5 heteroatoms. The molecular formula is C12H21N3OS. The largest absolute Gasteiger partial charge is 0.379 e. The molecule has 0 bridgehead atoms. The third-order valence-electron chi connectivity index (χ3n) is 2.75. The van der Waals surface area contributed by atoms with Gasteiger partial charge in [-0.05, 0) is 0 Å². The highest BCUT2D eigenvalue weighted by Gasteiger charge is 2.12. The Morgan fingerprint density at radius 2 is 2.24 bits per heavy atom. The molecular weight excluding hydrogens is 234 g/mol. The molecule has 0 atom stereocenters. The van der Waals surface area contributed by atoms with Crippen LogP contribution in [0.3, 0.4) is 0 Å². The van der Waals surface area contributed by atoms with E-state index in [4.69, 9.17) is 4.74 Å². The summed E-state index contributed by atoms with van der Waals surface area (Å²) in [4.78, 5) is 8.21. The van der Waals surface area contributed by atoms with Crippen molar-refractivity contribution in [2.24, 2.45) is 0 Å². The van der Waals surface area contributed by atoms with E-state index in [1.54, 1.807) is 0 Å². The van der Waals surface area contributed by atoms with Gasteiger partial charge in [-0.1, -0.05) is 13.8 Å². The van der Waals surface area contributed by atoms with Gasteiger partial charge in [-0.25, -0.2) is 4.98 Å². The molecule has 1 saturated heterocycles. The van der Waals surface area contributed by atoms with Gasteiger partial charge in [-0.2, -0.15) is 0 Å². The summed E-state index contributed by atoms with van der Waals surface area (Å²) in [7, 11) is 0. The molecule has 1 aromatic heterocycles. The summed E-state index contributed by atoms with van der Waals surface area (Å²) in [6, 6.07) is 0.528. The molecule has 4 nitrogen and oxygen atoms in total. The van der Waals surface area contributed by atoms with E-state index < -0.39 is 0 Å². The van der Waals surface area contributed by atoms with Crippen LogP contribution in [0.1, 0.15) is 23.7 Å². The van der Waals surface area contributed by atoms with E-state index in [2.05, 4.69) is 29.0 Å². The zero-order chi connectivity index (χ0) is 12.1. The Balaban J connectivity index is 1.80. The minimum atomic E-state index is 0.528. The molecule has 1 aliphatic rings. The van der Waals surface area contributed by atoms with Crippen LogP contribution in [0.5, 0.6) is 0 Å². The molecule has 1 fully saturated rings. The lowest BCUT2D eigenvalue weighted by molar-refractivity contribution is 0.0341. The minimum Gasteiger partial charge on any atom is -0.379 e. The monoisotopic (exact) mass is 255 g/mol. The zero-order valence-corrected chi connectivity index (χ0v) is 11.4. The van der Waals surface area contributed by atoms with Crippen molar-refractivity contribution >= 4 is 11.3 Å². The lowest BCUT2D eigenvalue weighted by Crippen LogP contribution is -2.35. The standard InChI is InChI=1S/C12H21N3OS/c1-10(2)13-7-11-8-14-12(17-11)9-15-3-5-16-6-4-15/h8,10,13H,3-7,9H2,1-2H3. The maximum atomic E-state index is 5.34. The Labute approximate surface area is 107 Å². The Morgan fingerprint density at radius 3 is 2.94 bits per heavy atom. The van der Waals surface area contributed by atoms with E-state index in [1.165, 1.54) is 9.88 Å². The first-order chi connectivity index (χ1) is 8.24. The fourth-order valence-corrected chi connectivity index (χ4v) is 2.67. The summed E-state index contributed by atoms with van der Waals surface area (Å²) in [5, 5.41) is 4.63. The number of rotatable bonds is 5. The van der Waals surface area contributed by atoms with Gasteiger partial charge < -0.3 is 10.1 Å². The van der Waals surface area contributed by atoms with E-state index in [9.17, 15) is 0 Å². The van der Waals surface area contributed by atoms with Crippen LogP contribution in [0, 0.1) is 0 Å². The van der Waals surface area contributed by atoms with Crippen LogP contribution in [-0.4, -0.2) is 42.2 Å². The predicted molar refractivity (Wildman–Crippen MR) is 70.2 cm³/mol. The Morgan fingerprint density at radius 1 is 1.47 bits per heavy atom. The number of morpholine rings is 1. The summed E-state index contributed by atoms with van der Waals surface area (Å²) < 4.78 is 5.34. The van der Waals surface area contributed by atoms with Gasteiger partial charge in [-0.15, -0.1) is 11.3 Å². The van der Waals surface area contributed by atoms with E-state index in [-0.39, 0.29) is 0 Å². The molecule has 1 aromatic rings. The molecule has 0 saturated carbocycles. The highest BCUT2D eigenvalue weighted by atomic mass is 32.1. The number of thiazole rings is 1. The lowest BCUT2D eigenvalue weighted by atomic mass is 10.4. The molecule has 96 valence electrons. The van der Waals surface area contributed by atoms with Crippen LogP contribution in [-0.2, 0) is 17.8 Å². The highest BCUT2D eigenvalue weighted by molar-refractivity contribution is 7.11. The molecule has 1 N–H and O–H groups in total. The van der Waals surface area contributed by atoms with Crippen LogP contribution in [0.25, 0.3) is 0 Å². The summed E-state index contributed by atoms with van der Waals surface area (Å²) in [6.45, 7) is 9.98. The molecule has 2 rings (SSSR count). The van der Waals surface area contributed by atoms with E-state index >= 15 is 0 Å². The van der Waals surface area contributed by atoms with Crippen molar-refractivity contribution in [2.75, 3.05) is 26.3 Å². The van der Waals surface area contributed by atoms with E-state index in [1.807, 2.05) is 17.5 Å². The van der Waals surface area contributed by atoms with Crippen molar-refractivity contribution in [3.05, 3.63) is 16.1 Å². The van der Waals surface area contributed by atoms with Crippen molar-refractivity contribution < 1.29 is 4.74 Å². The number of hydrogen-bond acceptors (Lipinski definition) is 5. The third kappa shape index (κ3) is 4.35. The van der Waals surface area contributed by atoms with Gasteiger partial charge in [0.25, 0.3) is 0 Å². The molecule has 0 unspecified atom stereocenters. The van der Waals surface area contributed by atoms with Crippen molar-refractivity contribution in [1.82, 2.24) is 15.2 Å². The number of aromatic nitrogens is 1. The first-order valence-corrected chi connectivity index (χ1v) is 7.03. The van der Waals surface area contributed by atoms with Crippen molar-refractivity contribution in [1.29, 1.82) is 0 Å². The van der Waals surface area contributed by atoms with Crippen molar-refractivity contribution in [3.63, 3.8) is 0 Å². The molecule has 0 amide bonds. The molecule has 17 heavy (non-hydrogen) atoms. The average Bonchev–Trinajstić information content (AvgIpc) is 2.75. The maximum absolute atomic E-state index is 5.34. The first-order valence-electron chi connectivity index (χ1n) is 6.21. The van der Waals surface area contributed by atoms with Gasteiger partial charge in [0.15, 0.2) is 0 Å². The van der Waals surface area contributed by atoms with Gasteiger partial charge in [0, 0.05) is 36.8 Å². The van der Waals surface area contributed by atoms with Crippen molar-refractivity contribution in [2.45, 2.75) is 33.0 Å². The number of hydrogen-bond donors (Lipinski definition) is 1. The fourth-order valence-electron chi connectivity index (χ4n) is 1.76. The second kappa shape index (κ2) is 6.44. The van der Waals surface area contributed by atoms with Crippen LogP contribution in [0.15, 0.2) is 6.20 Å². The average molecular weight is 255 g/mol. The zero-order valence-electron chi connectivity index (χ0n) is 10.6. The molecule has 1 aliphatic heterocycles. The highest BCUT2D eigenvalue weighted by Crippen LogP contribution is 2.15. The topological polar surface area (TPSA) is 37.4 Å². The minimum absolute atomic E-state index is 0.528. The predicted octanol–water partition coefficient (Wildman–Crippen LogP) is 1.47. The van der Waals surface area contributed by atoms with Gasteiger partial charge in [0.05, 0.1) is 19.8 Å². The molecule has 0 spiro atoms. The maximum Gasteiger partial charge on any atom is 0.107 e. The van der Waals surface area contributed by atoms with Gasteiger partial charge in [0.2, 0.25) is 0 Å². The smallest absolute Gasteiger partial charge is 0.107 e. The van der Waals surface area contributed by atoms with Gasteiger partial charge in [-0.3, -0.25) is 4.90 Å². The normalized spacial score (nSPS) is 17.8. The summed E-state index contributed by atoms with van der Waals surface area (Å²) in [5.41, 5.74) is 0. The number of nitrogens with zero attached hydrogens (tertiary/aromatic N) is 2. The third-order valence-corrected chi connectivity index (χ3v) is 3.73. The fraction of sp³-hybridized carbons (Fsp3) is 0.750. The van der Waals surface area contributed by atoms with Gasteiger partial charge in [0.1, 0.15) is 5.01 Å². The SMILES string of the molecule is CC(C)NCc1cnc(CN2CCOCC2)s1. The molecule has 0 radical (unpaired) electrons. The van der Waals surface area contributed by atoms with E-state index in [0.29, 0.717) is 6.04 Å². The molecule has 0 aromatic carbocycles. The molecule has 0 aliphatic carbocycles. The van der Waals surface area contributed by atoms with Crippen molar-refractivity contribution in [3.8, 4) is 0 Å².